The summed E-state index contributed by atoms with van der Waals surface area (Å²) in [5.74, 6) is 1.81. The van der Waals surface area contributed by atoms with E-state index in [1.807, 2.05) is 19.1 Å². The highest BCUT2D eigenvalue weighted by Gasteiger charge is 2.12. The molecular weight excluding hydrogens is 298 g/mol. The zero-order valence-corrected chi connectivity index (χ0v) is 13.2. The number of halogens is 1. The number of nitrogens with one attached hydrogen (secondary N) is 1. The molecule has 4 N–H and O–H groups in total. The minimum absolute atomic E-state index is 0. The second-order valence-corrected chi connectivity index (χ2v) is 5.32. The molecule has 20 heavy (non-hydrogen) atoms. The molecule has 0 aliphatic heterocycles. The highest BCUT2D eigenvalue weighted by Crippen LogP contribution is 2.14. The highest BCUT2D eigenvalue weighted by molar-refractivity contribution is 7.98. The molecule has 1 aromatic rings. The number of hydrogen-bond donors (Lipinski definition) is 3. The van der Waals surface area contributed by atoms with Crippen LogP contribution < -0.4 is 11.1 Å². The van der Waals surface area contributed by atoms with Gasteiger partial charge in [-0.15, -0.1) is 12.4 Å². The lowest BCUT2D eigenvalue weighted by atomic mass is 10.1. The topological polar surface area (TPSA) is 88.2 Å². The number of amides is 1. The van der Waals surface area contributed by atoms with Gasteiger partial charge in [0.2, 0.25) is 5.91 Å². The van der Waals surface area contributed by atoms with E-state index in [0.29, 0.717) is 18.0 Å². The zero-order chi connectivity index (χ0) is 14.1. The van der Waals surface area contributed by atoms with Crippen molar-refractivity contribution in [3.8, 4) is 0 Å². The lowest BCUT2D eigenvalue weighted by Gasteiger charge is -2.11. The van der Waals surface area contributed by atoms with Gasteiger partial charge in [-0.25, -0.2) is 4.98 Å². The van der Waals surface area contributed by atoms with Crippen molar-refractivity contribution < 1.29 is 9.90 Å². The molecule has 0 saturated heterocycles. The maximum Gasteiger partial charge on any atom is 0.242 e. The second kappa shape index (κ2) is 10.9. The van der Waals surface area contributed by atoms with Crippen LogP contribution in [0.5, 0.6) is 0 Å². The van der Waals surface area contributed by atoms with E-state index in [1.165, 1.54) is 0 Å². The van der Waals surface area contributed by atoms with E-state index in [0.717, 1.165) is 17.7 Å². The number of thioether (sulfide) groups is 1. The van der Waals surface area contributed by atoms with Crippen molar-refractivity contribution in [2.24, 2.45) is 5.73 Å². The van der Waals surface area contributed by atoms with Gasteiger partial charge >= 0.3 is 0 Å². The zero-order valence-electron chi connectivity index (χ0n) is 11.5. The number of carbonyl (C=O) groups is 1. The Morgan fingerprint density at radius 2 is 2.35 bits per heavy atom. The number of pyridine rings is 1. The largest absolute Gasteiger partial charge is 0.396 e. The molecule has 1 amide bonds. The van der Waals surface area contributed by atoms with Crippen LogP contribution in [0.15, 0.2) is 18.3 Å². The molecule has 0 aromatic carbocycles. The number of aromatic nitrogens is 1. The van der Waals surface area contributed by atoms with E-state index in [2.05, 4.69) is 10.3 Å². The van der Waals surface area contributed by atoms with E-state index in [1.54, 1.807) is 18.0 Å². The predicted octanol–water partition coefficient (Wildman–Crippen LogP) is 1.79. The fourth-order valence-electron chi connectivity index (χ4n) is 1.55. The van der Waals surface area contributed by atoms with Gasteiger partial charge < -0.3 is 16.2 Å². The number of nitrogens with two attached hydrogens (primary N) is 1. The maximum atomic E-state index is 11.8. The second-order valence-electron chi connectivity index (χ2n) is 4.21. The molecule has 0 fully saturated rings. The molecule has 0 aliphatic rings. The minimum Gasteiger partial charge on any atom is -0.396 e. The smallest absolute Gasteiger partial charge is 0.242 e. The molecule has 5 nitrogen and oxygen atoms in total. The Balaban J connectivity index is 0.00000361. The molecule has 0 radical (unpaired) electrons. The lowest BCUT2D eigenvalue weighted by Crippen LogP contribution is -2.35. The fraction of sp³-hybridized carbons (Fsp3) is 0.538. The van der Waals surface area contributed by atoms with Crippen molar-refractivity contribution >= 4 is 35.9 Å². The molecule has 1 atom stereocenters. The van der Waals surface area contributed by atoms with Crippen molar-refractivity contribution in [1.82, 2.24) is 4.98 Å². The van der Waals surface area contributed by atoms with Gasteiger partial charge in [-0.1, -0.05) is 13.3 Å². The Morgan fingerprint density at radius 1 is 1.60 bits per heavy atom. The van der Waals surface area contributed by atoms with Gasteiger partial charge in [-0.05, 0) is 24.1 Å². The minimum atomic E-state index is -0.487. The van der Waals surface area contributed by atoms with E-state index in [4.69, 9.17) is 10.8 Å². The highest BCUT2D eigenvalue weighted by atomic mass is 35.5. The van der Waals surface area contributed by atoms with Crippen LogP contribution in [0.25, 0.3) is 0 Å². The average molecular weight is 320 g/mol. The van der Waals surface area contributed by atoms with Crippen molar-refractivity contribution in [3.63, 3.8) is 0 Å². The Labute approximate surface area is 130 Å². The third-order valence-electron chi connectivity index (χ3n) is 2.52. The maximum absolute atomic E-state index is 11.8. The monoisotopic (exact) mass is 319 g/mol. The Kier molecular flexibility index (Phi) is 10.5. The van der Waals surface area contributed by atoms with Crippen LogP contribution in [-0.2, 0) is 10.5 Å². The SMILES string of the molecule is CCCC(N)C(=O)Nc1cc(CSCCO)ccn1.Cl. The van der Waals surface area contributed by atoms with Gasteiger partial charge in [-0.3, -0.25) is 4.79 Å². The predicted molar refractivity (Wildman–Crippen MR) is 86.2 cm³/mol. The molecular formula is C13H22ClN3O2S. The molecule has 0 aliphatic carbocycles. The quantitative estimate of drug-likeness (QED) is 0.636. The van der Waals surface area contributed by atoms with Crippen LogP contribution in [0.2, 0.25) is 0 Å². The Bertz CT molecular complexity index is 407. The molecule has 1 unspecified atom stereocenters. The summed E-state index contributed by atoms with van der Waals surface area (Å²) in [6, 6.07) is 3.24. The summed E-state index contributed by atoms with van der Waals surface area (Å²) >= 11 is 1.63. The van der Waals surface area contributed by atoms with Gasteiger partial charge in [0.1, 0.15) is 5.82 Å². The van der Waals surface area contributed by atoms with Crippen molar-refractivity contribution in [3.05, 3.63) is 23.9 Å². The van der Waals surface area contributed by atoms with Crippen molar-refractivity contribution in [1.29, 1.82) is 0 Å². The molecule has 1 heterocycles. The number of hydrogen-bond acceptors (Lipinski definition) is 5. The van der Waals surface area contributed by atoms with Crippen LogP contribution in [0.4, 0.5) is 5.82 Å². The molecule has 1 aromatic heterocycles. The molecule has 7 heteroatoms. The molecule has 0 spiro atoms. The van der Waals surface area contributed by atoms with E-state index >= 15 is 0 Å². The summed E-state index contributed by atoms with van der Waals surface area (Å²) in [6.07, 6.45) is 3.20. The first kappa shape index (κ1) is 19.2. The lowest BCUT2D eigenvalue weighted by molar-refractivity contribution is -0.117. The van der Waals surface area contributed by atoms with Crippen LogP contribution in [0.3, 0.4) is 0 Å². The standard InChI is InChI=1S/C13H21N3O2S.ClH/c1-2-3-11(14)13(18)16-12-8-10(4-5-15-12)9-19-7-6-17;/h4-5,8,11,17H,2-3,6-7,9,14H2,1H3,(H,15,16,18);1H. The molecule has 0 bridgehead atoms. The van der Waals surface area contributed by atoms with Crippen LogP contribution >= 0.6 is 24.2 Å². The number of rotatable bonds is 8. The number of carbonyl (C=O) groups excluding carboxylic acids is 1. The third-order valence-corrected chi connectivity index (χ3v) is 3.53. The molecule has 0 saturated carbocycles. The van der Waals surface area contributed by atoms with Gasteiger partial charge in [0.25, 0.3) is 0 Å². The van der Waals surface area contributed by atoms with Crippen molar-refractivity contribution in [2.45, 2.75) is 31.6 Å². The van der Waals surface area contributed by atoms with Gasteiger partial charge in [0.15, 0.2) is 0 Å². The summed E-state index contributed by atoms with van der Waals surface area (Å²) in [5, 5.41) is 11.4. The number of anilines is 1. The van der Waals surface area contributed by atoms with E-state index in [9.17, 15) is 4.79 Å². The van der Waals surface area contributed by atoms with Crippen LogP contribution in [-0.4, -0.2) is 34.4 Å². The summed E-state index contributed by atoms with van der Waals surface area (Å²) < 4.78 is 0. The summed E-state index contributed by atoms with van der Waals surface area (Å²) in [5.41, 5.74) is 6.80. The van der Waals surface area contributed by atoms with Crippen LogP contribution in [0.1, 0.15) is 25.3 Å². The summed E-state index contributed by atoms with van der Waals surface area (Å²) in [7, 11) is 0. The normalized spacial score (nSPS) is 11.6. The molecule has 114 valence electrons. The number of nitrogens with zero attached hydrogens (tertiary/aromatic N) is 1. The summed E-state index contributed by atoms with van der Waals surface area (Å²) in [6.45, 7) is 2.16. The van der Waals surface area contributed by atoms with Crippen LogP contribution in [0, 0.1) is 0 Å². The van der Waals surface area contributed by atoms with Gasteiger partial charge in [0, 0.05) is 17.7 Å². The first-order valence-electron chi connectivity index (χ1n) is 6.37. The van der Waals surface area contributed by atoms with Gasteiger partial charge in [0.05, 0.1) is 12.6 Å². The molecule has 1 rings (SSSR count). The van der Waals surface area contributed by atoms with E-state index < -0.39 is 6.04 Å². The summed E-state index contributed by atoms with van der Waals surface area (Å²) in [4.78, 5) is 15.9. The first-order valence-corrected chi connectivity index (χ1v) is 7.52. The average Bonchev–Trinajstić information content (AvgIpc) is 2.40. The first-order chi connectivity index (χ1) is 9.17. The third kappa shape index (κ3) is 7.09. The van der Waals surface area contributed by atoms with E-state index in [-0.39, 0.29) is 24.9 Å². The Hall–Kier alpha value is -0.820. The fourth-order valence-corrected chi connectivity index (χ4v) is 2.24. The Morgan fingerprint density at radius 3 is 3.00 bits per heavy atom. The number of aliphatic hydroxyl groups excluding tert-OH is 1. The van der Waals surface area contributed by atoms with Gasteiger partial charge in [-0.2, -0.15) is 11.8 Å². The van der Waals surface area contributed by atoms with Crippen molar-refractivity contribution in [2.75, 3.05) is 17.7 Å². The number of aliphatic hydroxyl groups is 1.